The van der Waals surface area contributed by atoms with E-state index in [4.69, 9.17) is 16.3 Å². The Labute approximate surface area is 116 Å². The van der Waals surface area contributed by atoms with Gasteiger partial charge < -0.3 is 4.74 Å². The molecule has 0 aliphatic heterocycles. The van der Waals surface area contributed by atoms with Crippen molar-refractivity contribution in [1.29, 1.82) is 0 Å². The molecule has 0 saturated heterocycles. The standard InChI is InChI=1S/C15H17ClF2O/c16-13-9-14(15(13)4-2-1-3-5-15)19-12-7-10(17)6-11(18)8-12/h6-8,13-14H,1-5,9H2. The first kappa shape index (κ1) is 13.2. The van der Waals surface area contributed by atoms with Gasteiger partial charge in [-0.05, 0) is 12.8 Å². The summed E-state index contributed by atoms with van der Waals surface area (Å²) in [6, 6.07) is 3.33. The number of alkyl halides is 1. The lowest BCUT2D eigenvalue weighted by molar-refractivity contribution is -0.0652. The van der Waals surface area contributed by atoms with E-state index in [9.17, 15) is 8.78 Å². The highest BCUT2D eigenvalue weighted by Gasteiger charge is 2.55. The van der Waals surface area contributed by atoms with Crippen LogP contribution in [0.5, 0.6) is 5.75 Å². The monoisotopic (exact) mass is 286 g/mol. The Bertz CT molecular complexity index is 451. The summed E-state index contributed by atoms with van der Waals surface area (Å²) in [6.07, 6.45) is 6.46. The third kappa shape index (κ3) is 2.33. The van der Waals surface area contributed by atoms with Crippen molar-refractivity contribution in [3.8, 4) is 5.75 Å². The molecule has 0 amide bonds. The number of hydrogen-bond acceptors (Lipinski definition) is 1. The highest BCUT2D eigenvalue weighted by molar-refractivity contribution is 6.21. The van der Waals surface area contributed by atoms with Crippen LogP contribution in [-0.4, -0.2) is 11.5 Å². The molecule has 1 nitrogen and oxygen atoms in total. The molecule has 2 atom stereocenters. The second kappa shape index (κ2) is 4.93. The van der Waals surface area contributed by atoms with Crippen molar-refractivity contribution in [2.75, 3.05) is 0 Å². The van der Waals surface area contributed by atoms with Crippen LogP contribution in [-0.2, 0) is 0 Å². The first-order valence-corrected chi connectivity index (χ1v) is 7.31. The SMILES string of the molecule is Fc1cc(F)cc(OC2CC(Cl)C23CCCCC3)c1. The molecule has 2 aliphatic rings. The molecule has 0 bridgehead atoms. The van der Waals surface area contributed by atoms with E-state index < -0.39 is 11.6 Å². The first-order chi connectivity index (χ1) is 9.10. The van der Waals surface area contributed by atoms with Gasteiger partial charge in [0.2, 0.25) is 0 Å². The van der Waals surface area contributed by atoms with Gasteiger partial charge in [0.25, 0.3) is 0 Å². The van der Waals surface area contributed by atoms with Crippen molar-refractivity contribution >= 4 is 11.6 Å². The van der Waals surface area contributed by atoms with E-state index in [1.54, 1.807) is 0 Å². The lowest BCUT2D eigenvalue weighted by Gasteiger charge is -2.55. The topological polar surface area (TPSA) is 9.23 Å². The van der Waals surface area contributed by atoms with Crippen molar-refractivity contribution in [2.45, 2.75) is 50.0 Å². The maximum absolute atomic E-state index is 13.2. The van der Waals surface area contributed by atoms with Crippen LogP contribution in [0.15, 0.2) is 18.2 Å². The Balaban J connectivity index is 1.76. The first-order valence-electron chi connectivity index (χ1n) is 6.87. The van der Waals surface area contributed by atoms with Gasteiger partial charge in [0.05, 0.1) is 0 Å². The second-order valence-electron chi connectivity index (χ2n) is 5.71. The van der Waals surface area contributed by atoms with Crippen LogP contribution in [0.3, 0.4) is 0 Å². The number of ether oxygens (including phenoxy) is 1. The number of hydrogen-bond donors (Lipinski definition) is 0. The molecule has 2 fully saturated rings. The summed E-state index contributed by atoms with van der Waals surface area (Å²) in [7, 11) is 0. The van der Waals surface area contributed by atoms with Crippen LogP contribution in [0.4, 0.5) is 8.78 Å². The number of halogens is 3. The van der Waals surface area contributed by atoms with Crippen LogP contribution in [0, 0.1) is 17.0 Å². The van der Waals surface area contributed by atoms with E-state index in [1.165, 1.54) is 31.4 Å². The fourth-order valence-corrected chi connectivity index (χ4v) is 3.99. The zero-order chi connectivity index (χ0) is 13.5. The molecule has 0 heterocycles. The predicted octanol–water partition coefficient (Wildman–Crippen LogP) is 4.67. The lowest BCUT2D eigenvalue weighted by Crippen LogP contribution is -2.58. The molecule has 0 aromatic heterocycles. The lowest BCUT2D eigenvalue weighted by atomic mass is 9.58. The van der Waals surface area contributed by atoms with Crippen LogP contribution < -0.4 is 4.74 Å². The van der Waals surface area contributed by atoms with Gasteiger partial charge in [0, 0.05) is 35.4 Å². The highest BCUT2D eigenvalue weighted by atomic mass is 35.5. The van der Waals surface area contributed by atoms with Gasteiger partial charge in [-0.25, -0.2) is 8.78 Å². The maximum atomic E-state index is 13.2. The third-order valence-corrected chi connectivity index (χ3v) is 5.20. The van der Waals surface area contributed by atoms with Crippen LogP contribution in [0.25, 0.3) is 0 Å². The molecule has 0 radical (unpaired) electrons. The summed E-state index contributed by atoms with van der Waals surface area (Å²) in [4.78, 5) is 0. The predicted molar refractivity (Wildman–Crippen MR) is 70.6 cm³/mol. The summed E-state index contributed by atoms with van der Waals surface area (Å²) >= 11 is 6.38. The average molecular weight is 287 g/mol. The fourth-order valence-electron chi connectivity index (χ4n) is 3.47. The smallest absolute Gasteiger partial charge is 0.129 e. The summed E-state index contributed by atoms with van der Waals surface area (Å²) in [5, 5.41) is 0.135. The molecule has 2 saturated carbocycles. The van der Waals surface area contributed by atoms with Crippen LogP contribution in [0.2, 0.25) is 0 Å². The minimum absolute atomic E-state index is 0.00324. The average Bonchev–Trinajstić information content (AvgIpc) is 2.38. The zero-order valence-corrected chi connectivity index (χ0v) is 11.4. The Morgan fingerprint density at radius 1 is 1.05 bits per heavy atom. The summed E-state index contributed by atoms with van der Waals surface area (Å²) < 4.78 is 32.1. The number of benzene rings is 1. The van der Waals surface area contributed by atoms with Crippen molar-refractivity contribution in [1.82, 2.24) is 0 Å². The molecule has 4 heteroatoms. The Morgan fingerprint density at radius 3 is 2.26 bits per heavy atom. The minimum Gasteiger partial charge on any atom is -0.490 e. The normalized spacial score (nSPS) is 29.0. The summed E-state index contributed by atoms with van der Waals surface area (Å²) in [5.41, 5.74) is 0.0165. The second-order valence-corrected chi connectivity index (χ2v) is 6.24. The molecule has 1 aromatic rings. The van der Waals surface area contributed by atoms with Gasteiger partial charge in [-0.3, -0.25) is 0 Å². The van der Waals surface area contributed by atoms with Crippen molar-refractivity contribution < 1.29 is 13.5 Å². The maximum Gasteiger partial charge on any atom is 0.129 e. The van der Waals surface area contributed by atoms with Crippen molar-refractivity contribution in [2.24, 2.45) is 5.41 Å². The molecule has 1 spiro atoms. The van der Waals surface area contributed by atoms with E-state index in [-0.39, 0.29) is 22.6 Å². The Kier molecular flexibility index (Phi) is 3.42. The fraction of sp³-hybridized carbons (Fsp3) is 0.600. The molecule has 104 valence electrons. The molecule has 2 unspecified atom stereocenters. The molecule has 0 N–H and O–H groups in total. The third-order valence-electron chi connectivity index (χ3n) is 4.58. The molecular formula is C15H17ClF2O. The largest absolute Gasteiger partial charge is 0.490 e. The van der Waals surface area contributed by atoms with E-state index >= 15 is 0 Å². The molecule has 1 aromatic carbocycles. The molecular weight excluding hydrogens is 270 g/mol. The summed E-state index contributed by atoms with van der Waals surface area (Å²) in [6.45, 7) is 0. The van der Waals surface area contributed by atoms with Gasteiger partial charge in [-0.1, -0.05) is 19.3 Å². The van der Waals surface area contributed by atoms with Crippen molar-refractivity contribution in [3.05, 3.63) is 29.8 Å². The van der Waals surface area contributed by atoms with Gasteiger partial charge in [0.15, 0.2) is 0 Å². The van der Waals surface area contributed by atoms with E-state index in [2.05, 4.69) is 0 Å². The van der Waals surface area contributed by atoms with E-state index in [0.29, 0.717) is 0 Å². The zero-order valence-electron chi connectivity index (χ0n) is 10.7. The minimum atomic E-state index is -0.602. The van der Waals surface area contributed by atoms with E-state index in [1.807, 2.05) is 0 Å². The number of rotatable bonds is 2. The molecule has 2 aliphatic carbocycles. The highest BCUT2D eigenvalue weighted by Crippen LogP contribution is 2.55. The van der Waals surface area contributed by atoms with Gasteiger partial charge >= 0.3 is 0 Å². The van der Waals surface area contributed by atoms with Gasteiger partial charge in [-0.2, -0.15) is 0 Å². The van der Waals surface area contributed by atoms with Crippen LogP contribution in [0.1, 0.15) is 38.5 Å². The quantitative estimate of drug-likeness (QED) is 0.718. The van der Waals surface area contributed by atoms with Crippen molar-refractivity contribution in [3.63, 3.8) is 0 Å². The summed E-state index contributed by atoms with van der Waals surface area (Å²) in [5.74, 6) is -0.931. The van der Waals surface area contributed by atoms with Gasteiger partial charge in [-0.15, -0.1) is 11.6 Å². The molecule has 3 rings (SSSR count). The van der Waals surface area contributed by atoms with Gasteiger partial charge in [0.1, 0.15) is 23.5 Å². The Morgan fingerprint density at radius 2 is 1.68 bits per heavy atom. The van der Waals surface area contributed by atoms with E-state index in [0.717, 1.165) is 25.3 Å². The van der Waals surface area contributed by atoms with Crippen LogP contribution >= 0.6 is 11.6 Å². The molecule has 19 heavy (non-hydrogen) atoms. The Hall–Kier alpha value is -0.830.